The molecule has 1 rings (SSSR count). The summed E-state index contributed by atoms with van der Waals surface area (Å²) < 4.78 is 3.79. The van der Waals surface area contributed by atoms with Gasteiger partial charge >= 0.3 is 0 Å². The second kappa shape index (κ2) is 2.90. The third-order valence-corrected chi connectivity index (χ3v) is 1.86. The fraction of sp³-hybridized carbons (Fsp3) is 0.333. The van der Waals surface area contributed by atoms with E-state index in [9.17, 15) is 4.79 Å². The van der Waals surface area contributed by atoms with Crippen LogP contribution >= 0.6 is 11.5 Å². The minimum absolute atomic E-state index is 0.0394. The Bertz CT molecular complexity index is 218. The summed E-state index contributed by atoms with van der Waals surface area (Å²) in [6, 6.07) is 1.26. The lowest BCUT2D eigenvalue weighted by Gasteiger charge is -1.97. The van der Waals surface area contributed by atoms with Crippen LogP contribution in [0.1, 0.15) is 16.6 Å². The Morgan fingerprint density at radius 2 is 2.60 bits per heavy atom. The number of aromatic nitrogens is 1. The average Bonchev–Trinajstić information content (AvgIpc) is 2.36. The molecule has 0 fully saturated rings. The summed E-state index contributed by atoms with van der Waals surface area (Å²) in [5.41, 5.74) is 5.36. The minimum Gasteiger partial charge on any atom is -0.321 e. The molecule has 0 saturated carbocycles. The molecule has 1 aromatic rings. The third-order valence-electron chi connectivity index (χ3n) is 1.09. The summed E-state index contributed by atoms with van der Waals surface area (Å²) in [5, 5.41) is 0. The van der Waals surface area contributed by atoms with Crippen LogP contribution in [0.3, 0.4) is 0 Å². The molecule has 0 aliphatic heterocycles. The first-order valence-electron chi connectivity index (χ1n) is 2.92. The van der Waals surface area contributed by atoms with Gasteiger partial charge in [-0.1, -0.05) is 0 Å². The Morgan fingerprint density at radius 1 is 1.90 bits per heavy atom. The maximum absolute atomic E-state index is 11.1. The van der Waals surface area contributed by atoms with Gasteiger partial charge in [0.15, 0.2) is 5.78 Å². The van der Waals surface area contributed by atoms with E-state index in [4.69, 9.17) is 5.73 Å². The van der Waals surface area contributed by atoms with Crippen LogP contribution in [-0.4, -0.2) is 16.2 Å². The first-order valence-corrected chi connectivity index (χ1v) is 3.69. The van der Waals surface area contributed by atoms with E-state index in [0.29, 0.717) is 4.88 Å². The fourth-order valence-corrected chi connectivity index (χ4v) is 1.20. The van der Waals surface area contributed by atoms with Gasteiger partial charge in [0.1, 0.15) is 0 Å². The Labute approximate surface area is 63.0 Å². The van der Waals surface area contributed by atoms with Gasteiger partial charge in [0.25, 0.3) is 0 Å². The lowest BCUT2D eigenvalue weighted by molar-refractivity contribution is 0.0972. The minimum atomic E-state index is -0.416. The van der Waals surface area contributed by atoms with Gasteiger partial charge in [-0.25, -0.2) is 4.37 Å². The van der Waals surface area contributed by atoms with Crippen LogP contribution in [0.25, 0.3) is 0 Å². The van der Waals surface area contributed by atoms with Crippen LogP contribution in [0.4, 0.5) is 0 Å². The van der Waals surface area contributed by atoms with Crippen LogP contribution < -0.4 is 5.73 Å². The van der Waals surface area contributed by atoms with Crippen molar-refractivity contribution in [2.75, 3.05) is 0 Å². The molecule has 3 nitrogen and oxygen atoms in total. The van der Waals surface area contributed by atoms with Gasteiger partial charge in [-0.15, -0.1) is 0 Å². The van der Waals surface area contributed by atoms with E-state index >= 15 is 0 Å². The molecule has 0 amide bonds. The van der Waals surface area contributed by atoms with E-state index in [1.165, 1.54) is 11.5 Å². The van der Waals surface area contributed by atoms with Crippen molar-refractivity contribution < 1.29 is 4.79 Å². The number of rotatable bonds is 2. The van der Waals surface area contributed by atoms with Crippen molar-refractivity contribution >= 4 is 17.3 Å². The van der Waals surface area contributed by atoms with Crippen molar-refractivity contribution in [2.24, 2.45) is 5.73 Å². The van der Waals surface area contributed by atoms with E-state index in [0.717, 1.165) is 0 Å². The summed E-state index contributed by atoms with van der Waals surface area (Å²) >= 11 is 1.18. The number of nitrogens with two attached hydrogens (primary N) is 1. The summed E-state index contributed by atoms with van der Waals surface area (Å²) in [5.74, 6) is -0.0394. The highest BCUT2D eigenvalue weighted by Crippen LogP contribution is 2.06. The maximum Gasteiger partial charge on any atom is 0.190 e. The molecule has 1 atom stereocenters. The Balaban J connectivity index is 2.78. The van der Waals surface area contributed by atoms with Crippen molar-refractivity contribution in [1.82, 2.24) is 4.37 Å². The lowest BCUT2D eigenvalue weighted by Crippen LogP contribution is -2.25. The number of carbonyl (C=O) groups is 1. The Hall–Kier alpha value is -0.740. The molecule has 0 aliphatic rings. The topological polar surface area (TPSA) is 56.0 Å². The van der Waals surface area contributed by atoms with Gasteiger partial charge in [-0.3, -0.25) is 4.79 Å². The lowest BCUT2D eigenvalue weighted by atomic mass is 10.2. The third kappa shape index (κ3) is 1.40. The van der Waals surface area contributed by atoms with Crippen molar-refractivity contribution in [2.45, 2.75) is 13.0 Å². The summed E-state index contributed by atoms with van der Waals surface area (Å²) in [6.45, 7) is 1.67. The van der Waals surface area contributed by atoms with Crippen molar-refractivity contribution in [3.63, 3.8) is 0 Å². The zero-order valence-corrected chi connectivity index (χ0v) is 6.39. The van der Waals surface area contributed by atoms with E-state index in [2.05, 4.69) is 4.37 Å². The molecule has 0 aliphatic carbocycles. The SMILES string of the molecule is CC(N)C(=O)c1ccns1. The van der Waals surface area contributed by atoms with Crippen molar-refractivity contribution in [1.29, 1.82) is 0 Å². The van der Waals surface area contributed by atoms with E-state index in [1.54, 1.807) is 19.2 Å². The molecule has 10 heavy (non-hydrogen) atoms. The summed E-state index contributed by atoms with van der Waals surface area (Å²) in [7, 11) is 0. The monoisotopic (exact) mass is 156 g/mol. The van der Waals surface area contributed by atoms with Crippen LogP contribution in [0.2, 0.25) is 0 Å². The van der Waals surface area contributed by atoms with Crippen LogP contribution in [-0.2, 0) is 0 Å². The van der Waals surface area contributed by atoms with E-state index in [-0.39, 0.29) is 5.78 Å². The number of carbonyl (C=O) groups excluding carboxylic acids is 1. The average molecular weight is 156 g/mol. The predicted molar refractivity (Wildman–Crippen MR) is 40.1 cm³/mol. The molecule has 54 valence electrons. The summed E-state index contributed by atoms with van der Waals surface area (Å²) in [4.78, 5) is 11.7. The molecule has 1 heterocycles. The standard InChI is InChI=1S/C6H8N2OS/c1-4(7)6(9)5-2-3-8-10-5/h2-4H,7H2,1H3. The van der Waals surface area contributed by atoms with Gasteiger partial charge in [0.05, 0.1) is 10.9 Å². The second-order valence-electron chi connectivity index (χ2n) is 2.03. The smallest absolute Gasteiger partial charge is 0.190 e. The molecule has 1 aromatic heterocycles. The van der Waals surface area contributed by atoms with Gasteiger partial charge in [0.2, 0.25) is 0 Å². The summed E-state index contributed by atoms with van der Waals surface area (Å²) in [6.07, 6.45) is 1.60. The Kier molecular flexibility index (Phi) is 2.13. The fourth-order valence-electron chi connectivity index (χ4n) is 0.567. The van der Waals surface area contributed by atoms with Gasteiger partial charge in [-0.05, 0) is 24.5 Å². The molecule has 0 saturated heterocycles. The largest absolute Gasteiger partial charge is 0.321 e. The van der Waals surface area contributed by atoms with Crippen molar-refractivity contribution in [3.05, 3.63) is 17.1 Å². The molecular weight excluding hydrogens is 148 g/mol. The normalized spacial score (nSPS) is 13.0. The van der Waals surface area contributed by atoms with Crippen molar-refractivity contribution in [3.8, 4) is 0 Å². The molecule has 2 N–H and O–H groups in total. The van der Waals surface area contributed by atoms with Gasteiger partial charge in [-0.2, -0.15) is 0 Å². The second-order valence-corrected chi connectivity index (χ2v) is 2.86. The number of Topliss-reactive ketones (excluding diaryl/α,β-unsaturated/α-hetero) is 1. The maximum atomic E-state index is 11.1. The first kappa shape index (κ1) is 7.37. The molecule has 0 spiro atoms. The van der Waals surface area contributed by atoms with Gasteiger partial charge < -0.3 is 5.73 Å². The number of hydrogen-bond donors (Lipinski definition) is 1. The highest BCUT2D eigenvalue weighted by molar-refractivity contribution is 7.08. The van der Waals surface area contributed by atoms with E-state index < -0.39 is 6.04 Å². The van der Waals surface area contributed by atoms with Crippen LogP contribution in [0.5, 0.6) is 0 Å². The molecule has 0 aromatic carbocycles. The number of hydrogen-bond acceptors (Lipinski definition) is 4. The van der Waals surface area contributed by atoms with E-state index in [1.807, 2.05) is 0 Å². The van der Waals surface area contributed by atoms with Crippen LogP contribution in [0, 0.1) is 0 Å². The predicted octanol–water partition coefficient (Wildman–Crippen LogP) is 0.673. The molecular formula is C6H8N2OS. The first-order chi connectivity index (χ1) is 4.72. The molecule has 0 radical (unpaired) electrons. The molecule has 1 unspecified atom stereocenters. The zero-order valence-electron chi connectivity index (χ0n) is 5.57. The Morgan fingerprint density at radius 3 is 3.00 bits per heavy atom. The zero-order chi connectivity index (χ0) is 7.56. The molecule has 4 heteroatoms. The highest BCUT2D eigenvalue weighted by Gasteiger charge is 2.11. The van der Waals surface area contributed by atoms with Gasteiger partial charge in [0, 0.05) is 6.20 Å². The number of nitrogens with zero attached hydrogens (tertiary/aromatic N) is 1. The quantitative estimate of drug-likeness (QED) is 0.640. The molecule has 0 bridgehead atoms. The highest BCUT2D eigenvalue weighted by atomic mass is 32.1. The van der Waals surface area contributed by atoms with Crippen LogP contribution in [0.15, 0.2) is 12.3 Å². The number of ketones is 1.